The fourth-order valence-electron chi connectivity index (χ4n) is 15.0. The number of piperazine rings is 3. The Morgan fingerprint density at radius 1 is 0.458 bits per heavy atom. The van der Waals surface area contributed by atoms with Gasteiger partial charge in [0.05, 0.1) is 126 Å². The number of hydrogen-bond acceptors (Lipinski definition) is 38. The molecular weight excluding hydrogens is 1830 g/mol. The number of carbonyl (C=O) groups excluding carboxylic acids is 2. The second-order valence-corrected chi connectivity index (χ2v) is 42.8. The Hall–Kier alpha value is -9.67. The van der Waals surface area contributed by atoms with Crippen LogP contribution in [0.2, 0.25) is 0 Å². The van der Waals surface area contributed by atoms with Gasteiger partial charge in [0.15, 0.2) is 29.5 Å². The van der Waals surface area contributed by atoms with Gasteiger partial charge in [-0.3, -0.25) is 19.5 Å². The second kappa shape index (κ2) is 44.9. The number of aryl methyl sites for hydroxylation is 3. The minimum Gasteiger partial charge on any atom is -0.481 e. The van der Waals surface area contributed by atoms with Crippen molar-refractivity contribution in [3.63, 3.8) is 0 Å². The van der Waals surface area contributed by atoms with Crippen LogP contribution >= 0.6 is 34.0 Å². The predicted molar refractivity (Wildman–Crippen MR) is 489 cm³/mol. The highest BCUT2D eigenvalue weighted by molar-refractivity contribution is 7.90. The number of sulfone groups is 3. The van der Waals surface area contributed by atoms with Crippen molar-refractivity contribution < 1.29 is 111 Å². The van der Waals surface area contributed by atoms with Gasteiger partial charge in [-0.25, -0.2) is 84.5 Å². The number of amides is 2. The molecule has 0 aromatic carbocycles. The van der Waals surface area contributed by atoms with Crippen molar-refractivity contribution in [2.75, 3.05) is 225 Å². The molecule has 131 heavy (non-hydrogen) atoms. The highest BCUT2D eigenvalue weighted by Gasteiger charge is 2.39. The summed E-state index contributed by atoms with van der Waals surface area (Å²) in [4.78, 5) is 106. The summed E-state index contributed by atoms with van der Waals surface area (Å²) in [5, 5.41) is 34.8. The Balaban J connectivity index is 0.000000178. The first-order valence-corrected chi connectivity index (χ1v) is 50.5. The number of nitrogens with one attached hydrogen (secondary N) is 1. The molecule has 6 fully saturated rings. The molecule has 0 saturated carbocycles. The third-order valence-electron chi connectivity index (χ3n) is 21.4. The third kappa shape index (κ3) is 28.0. The molecule has 2 amide bonds. The first-order chi connectivity index (χ1) is 62.0. The van der Waals surface area contributed by atoms with E-state index in [0.717, 1.165) is 122 Å². The Morgan fingerprint density at radius 3 is 1.01 bits per heavy atom. The molecule has 0 radical (unpaired) electrons. The number of aromatic nitrogens is 9. The molecule has 0 atom stereocenters. The van der Waals surface area contributed by atoms with Crippen molar-refractivity contribution in [1.82, 2.24) is 74.7 Å². The maximum atomic E-state index is 12.6. The lowest BCUT2D eigenvalue weighted by Gasteiger charge is -2.35. The Bertz CT molecular complexity index is 5890. The number of aliphatic hydroxyl groups is 2. The molecule has 39 nitrogen and oxygen atoms in total. The number of ether oxygens (including phenoxy) is 7. The number of morpholine rings is 3. The van der Waals surface area contributed by atoms with E-state index in [2.05, 4.69) is 70.4 Å². The molecule has 48 heteroatoms. The molecule has 0 unspecified atom stereocenters. The van der Waals surface area contributed by atoms with Gasteiger partial charge in [-0.1, -0.05) is 0 Å². The van der Waals surface area contributed by atoms with Crippen LogP contribution in [0.4, 0.5) is 35.8 Å². The lowest BCUT2D eigenvalue weighted by molar-refractivity contribution is -0.192. The molecule has 6 aliphatic rings. The fourth-order valence-corrected chi connectivity index (χ4v) is 20.7. The van der Waals surface area contributed by atoms with E-state index in [1.165, 1.54) is 50.5 Å². The lowest BCUT2D eigenvalue weighted by atomic mass is 10.1. The highest BCUT2D eigenvalue weighted by atomic mass is 32.2. The number of pyridine rings is 3. The number of methoxy groups -OCH3 is 3. The number of fused-ring (bicyclic) bond motifs is 3. The SMILES string of the molecule is COc1ncc(-c2nc(N3CCOCC3)nc3c(CN4CCN(C(=O)CO)CC4)c(C)sc23)cc1CS(C)(=O)=O.COc1ncc(-c2nc(N3CCOCC3)nc3c(CN4CCN(C(=O)OC(C)(C)C)CC4)c(C)sc23)cc1CS(C)(=O)=O.COc1ncc(-c2nc(N3CCOCC3)nc3c(CN4CCNCC4)c(C)sc23)cc1CS(C)(=O)=O.O=C(O)C(F)(F)F.O=C(O)CO. The summed E-state index contributed by atoms with van der Waals surface area (Å²) >= 11 is 4.93. The number of carbonyl (C=O) groups is 4. The number of aliphatic hydroxyl groups excluding tert-OH is 2. The van der Waals surface area contributed by atoms with E-state index in [1.807, 2.05) is 32.9 Å². The Labute approximate surface area is 769 Å². The summed E-state index contributed by atoms with van der Waals surface area (Å²) in [5.74, 6) is -1.98. The molecule has 0 bridgehead atoms. The third-order valence-corrected chi connectivity index (χ3v) is 27.3. The van der Waals surface area contributed by atoms with E-state index < -0.39 is 66.4 Å². The normalized spacial score (nSPS) is 16.5. The van der Waals surface area contributed by atoms with Crippen molar-refractivity contribution in [2.45, 2.75) is 90.2 Å². The predicted octanol–water partition coefficient (Wildman–Crippen LogP) is 6.15. The number of aliphatic carboxylic acids is 2. The van der Waals surface area contributed by atoms with E-state index >= 15 is 0 Å². The van der Waals surface area contributed by atoms with Crippen LogP contribution in [0.15, 0.2) is 36.8 Å². The van der Waals surface area contributed by atoms with E-state index in [9.17, 15) is 53.1 Å². The van der Waals surface area contributed by atoms with Gasteiger partial charge in [-0.05, 0) is 59.7 Å². The topological polar surface area (TPSA) is 470 Å². The smallest absolute Gasteiger partial charge is 0.481 e. The Kier molecular flexibility index (Phi) is 34.9. The van der Waals surface area contributed by atoms with Crippen molar-refractivity contribution in [3.05, 3.63) is 84.8 Å². The van der Waals surface area contributed by atoms with Gasteiger partial charge >= 0.3 is 24.2 Å². The largest absolute Gasteiger partial charge is 0.490 e. The van der Waals surface area contributed by atoms with E-state index in [-0.39, 0.29) is 41.0 Å². The van der Waals surface area contributed by atoms with Gasteiger partial charge in [-0.15, -0.1) is 34.0 Å². The zero-order valence-corrected chi connectivity index (χ0v) is 79.9. The summed E-state index contributed by atoms with van der Waals surface area (Å²) in [7, 11) is -5.47. The maximum Gasteiger partial charge on any atom is 0.490 e. The number of carboxylic acids is 2. The standard InChI is InChI=1S/C29H40N6O6S2.C26H34N6O6S2.C24H32N6O4S2.C2HF3O2.C2H4O3/c1-19-22(17-33-7-9-35(10-8-33)28(36)41-29(2,3)4)24-25(42-19)23(31-27(32-24)34-11-13-40-14-12-34)20-15-21(18-43(6,37)38)26(39-5)30-16-20;1-17-20(14-30-4-6-31(7-5-30)21(34)15-33)23-24(39-17)22(28-26(29-23)32-8-10-38-11-9-32)18-12-19(16-40(3,35)36)25(37-2)27-13-18;1-16-19(14-29-6-4-25-5-7-29)21-22(35-16)20(27-24(28-21)30-8-10-34-11-9-30)17-12-18(15-36(3,31)32)23(33-2)26-13-17;3-2(4,5)1(6)7;3-1-2(4)5/h15-16H,7-14,17-18H2,1-6H3;12-13,33H,4-11,14-16H2,1-3H3;12-13,25H,4-11,14-15H2,1-3H3;(H,6,7);3H,1H2,(H,4,5). The average Bonchev–Trinajstić information content (AvgIpc) is 1.63. The molecule has 5 N–H and O–H groups in total. The number of halogens is 3. The van der Waals surface area contributed by atoms with Gasteiger partial charge in [-0.2, -0.15) is 13.2 Å². The van der Waals surface area contributed by atoms with Gasteiger partial charge in [0.1, 0.15) is 18.8 Å². The summed E-state index contributed by atoms with van der Waals surface area (Å²) in [6.07, 6.45) is 3.29. The van der Waals surface area contributed by atoms with Crippen LogP contribution in [-0.4, -0.2) is 362 Å². The highest BCUT2D eigenvalue weighted by Crippen LogP contribution is 2.44. The molecule has 15 rings (SSSR count). The molecule has 15 heterocycles. The second-order valence-electron chi connectivity index (χ2n) is 32.7. The molecule has 716 valence electrons. The zero-order chi connectivity index (χ0) is 95.0. The summed E-state index contributed by atoms with van der Waals surface area (Å²) < 4.78 is 146. The van der Waals surface area contributed by atoms with Crippen LogP contribution < -0.4 is 34.2 Å². The minimum absolute atomic E-state index is 0.153. The fraction of sp³-hybridized carbons (Fsp3) is 0.554. The first kappa shape index (κ1) is 102. The van der Waals surface area contributed by atoms with Crippen molar-refractivity contribution in [1.29, 1.82) is 0 Å². The van der Waals surface area contributed by atoms with E-state index in [4.69, 9.17) is 88.0 Å². The number of rotatable bonds is 23. The first-order valence-electron chi connectivity index (χ1n) is 41.9. The van der Waals surface area contributed by atoms with Gasteiger partial charge in [0, 0.05) is 240 Å². The average molecular weight is 1950 g/mol. The number of hydrogen-bond donors (Lipinski definition) is 5. The van der Waals surface area contributed by atoms with Crippen LogP contribution in [0.3, 0.4) is 0 Å². The van der Waals surface area contributed by atoms with Gasteiger partial charge in [0.25, 0.3) is 0 Å². The van der Waals surface area contributed by atoms with Crippen LogP contribution in [0, 0.1) is 20.8 Å². The summed E-state index contributed by atoms with van der Waals surface area (Å²) in [5.41, 5.74) is 11.5. The van der Waals surface area contributed by atoms with Crippen LogP contribution in [0.25, 0.3) is 64.4 Å². The van der Waals surface area contributed by atoms with Crippen molar-refractivity contribution in [3.8, 4) is 51.4 Å². The summed E-state index contributed by atoms with van der Waals surface area (Å²) in [6, 6.07) is 5.44. The molecule has 0 aliphatic carbocycles. The van der Waals surface area contributed by atoms with Gasteiger partial charge < -0.3 is 83.4 Å². The number of thiophene rings is 3. The minimum atomic E-state index is -5.08. The molecular formula is C83H111F3N18O21S6. The zero-order valence-electron chi connectivity index (χ0n) is 75.0. The molecule has 6 aliphatic heterocycles. The van der Waals surface area contributed by atoms with Crippen molar-refractivity contribution in [2.24, 2.45) is 0 Å². The molecule has 0 spiro atoms. The number of carboxylic acid groups (broad SMARTS) is 2. The van der Waals surface area contributed by atoms with Crippen LogP contribution in [0.1, 0.15) is 68.8 Å². The van der Waals surface area contributed by atoms with E-state index in [0.29, 0.717) is 181 Å². The monoisotopic (exact) mass is 1940 g/mol. The van der Waals surface area contributed by atoms with Gasteiger partial charge in [0.2, 0.25) is 41.4 Å². The van der Waals surface area contributed by atoms with Crippen molar-refractivity contribution >= 4 is 136 Å². The molecule has 9 aromatic rings. The summed E-state index contributed by atoms with van der Waals surface area (Å²) in [6.45, 7) is 29.8. The quantitative estimate of drug-likeness (QED) is 0.0479. The lowest BCUT2D eigenvalue weighted by Crippen LogP contribution is -2.49. The maximum absolute atomic E-state index is 12.6. The number of alkyl halides is 3. The number of nitrogens with zero attached hydrogens (tertiary/aromatic N) is 17. The van der Waals surface area contributed by atoms with E-state index in [1.54, 1.807) is 68.5 Å². The number of anilines is 3. The van der Waals surface area contributed by atoms with Crippen LogP contribution in [0.5, 0.6) is 17.6 Å². The molecule has 9 aromatic heterocycles. The molecule has 6 saturated heterocycles. The Morgan fingerprint density at radius 2 is 0.748 bits per heavy atom. The van der Waals surface area contributed by atoms with Crippen LogP contribution in [-0.2, 0) is 99.7 Å².